The van der Waals surface area contributed by atoms with E-state index in [1.54, 1.807) is 4.90 Å². The van der Waals surface area contributed by atoms with Crippen LogP contribution < -0.4 is 5.73 Å². The summed E-state index contributed by atoms with van der Waals surface area (Å²) in [5.41, 5.74) is 9.32. The van der Waals surface area contributed by atoms with E-state index >= 15 is 0 Å². The van der Waals surface area contributed by atoms with Crippen LogP contribution in [0.1, 0.15) is 29.7 Å². The number of likely N-dealkylation sites (N-methyl/N-ethyl adjacent to an activating group) is 1. The highest BCUT2D eigenvalue weighted by Crippen LogP contribution is 2.16. The number of carbonyl (C=O) groups is 1. The minimum absolute atomic E-state index is 0.0352. The number of benzene rings is 2. The lowest BCUT2D eigenvalue weighted by molar-refractivity contribution is -0.133. The molecule has 2 N–H and O–H groups in total. The molecule has 1 unspecified atom stereocenters. The number of hydrogen-bond acceptors (Lipinski definition) is 2. The molecule has 0 saturated carbocycles. The van der Waals surface area contributed by atoms with Gasteiger partial charge in [0, 0.05) is 13.1 Å². The molecule has 0 aliphatic carbocycles. The number of hydrogen-bond donors (Lipinski definition) is 1. The Morgan fingerprint density at radius 1 is 1.10 bits per heavy atom. The van der Waals surface area contributed by atoms with E-state index in [0.717, 1.165) is 11.1 Å². The third-order valence-electron chi connectivity index (χ3n) is 3.74. The molecule has 2 aromatic carbocycles. The van der Waals surface area contributed by atoms with Crippen molar-refractivity contribution in [2.75, 3.05) is 6.54 Å². The topological polar surface area (TPSA) is 46.3 Å². The van der Waals surface area contributed by atoms with Gasteiger partial charge in [0.25, 0.3) is 0 Å². The smallest absolute Gasteiger partial charge is 0.244 e. The fraction of sp³-hybridized carbons (Fsp3) is 0.278. The van der Waals surface area contributed by atoms with Crippen LogP contribution in [0.3, 0.4) is 0 Å². The molecule has 0 fully saturated rings. The fourth-order valence-electron chi connectivity index (χ4n) is 2.34. The van der Waals surface area contributed by atoms with Crippen LogP contribution in [-0.4, -0.2) is 17.4 Å². The van der Waals surface area contributed by atoms with Gasteiger partial charge in [-0.05, 0) is 30.5 Å². The molecule has 0 aliphatic rings. The van der Waals surface area contributed by atoms with E-state index in [2.05, 4.69) is 19.1 Å². The van der Waals surface area contributed by atoms with Crippen molar-refractivity contribution in [3.05, 3.63) is 71.3 Å². The van der Waals surface area contributed by atoms with Crippen molar-refractivity contribution < 1.29 is 4.79 Å². The van der Waals surface area contributed by atoms with Gasteiger partial charge < -0.3 is 10.6 Å². The number of nitrogens with two attached hydrogens (primary N) is 1. The van der Waals surface area contributed by atoms with E-state index in [0.29, 0.717) is 13.1 Å². The Kier molecular flexibility index (Phi) is 5.12. The van der Waals surface area contributed by atoms with Crippen LogP contribution in [0.4, 0.5) is 0 Å². The molecule has 1 amide bonds. The number of aryl methyl sites for hydroxylation is 1. The number of rotatable bonds is 5. The molecule has 2 aromatic rings. The van der Waals surface area contributed by atoms with Crippen LogP contribution in [-0.2, 0) is 11.3 Å². The Balaban J connectivity index is 2.14. The predicted octanol–water partition coefficient (Wildman–Crippen LogP) is 3.04. The molecule has 1 atom stereocenters. The Morgan fingerprint density at radius 2 is 1.71 bits per heavy atom. The Bertz CT molecular complexity index is 595. The van der Waals surface area contributed by atoms with Gasteiger partial charge in [-0.3, -0.25) is 4.79 Å². The van der Waals surface area contributed by atoms with E-state index < -0.39 is 6.04 Å². The predicted molar refractivity (Wildman–Crippen MR) is 85.6 cm³/mol. The average molecular weight is 282 g/mol. The summed E-state index contributed by atoms with van der Waals surface area (Å²) in [6.07, 6.45) is 0. The maximum absolute atomic E-state index is 12.6. The summed E-state index contributed by atoms with van der Waals surface area (Å²) in [4.78, 5) is 14.4. The highest BCUT2D eigenvalue weighted by atomic mass is 16.2. The SMILES string of the molecule is CCN(Cc1ccccc1C)C(=O)C(N)c1ccccc1. The molecule has 0 bridgehead atoms. The summed E-state index contributed by atoms with van der Waals surface area (Å²) in [5, 5.41) is 0. The van der Waals surface area contributed by atoms with Gasteiger partial charge >= 0.3 is 0 Å². The molecule has 0 saturated heterocycles. The van der Waals surface area contributed by atoms with Gasteiger partial charge in [-0.1, -0.05) is 54.6 Å². The van der Waals surface area contributed by atoms with Crippen LogP contribution in [0.15, 0.2) is 54.6 Å². The third kappa shape index (κ3) is 3.70. The van der Waals surface area contributed by atoms with Gasteiger partial charge in [-0.15, -0.1) is 0 Å². The highest BCUT2D eigenvalue weighted by Gasteiger charge is 2.21. The van der Waals surface area contributed by atoms with Crippen LogP contribution in [0.2, 0.25) is 0 Å². The van der Waals surface area contributed by atoms with Gasteiger partial charge in [0.05, 0.1) is 0 Å². The number of nitrogens with zero attached hydrogens (tertiary/aromatic N) is 1. The van der Waals surface area contributed by atoms with Crippen LogP contribution in [0.25, 0.3) is 0 Å². The monoisotopic (exact) mass is 282 g/mol. The number of carbonyl (C=O) groups excluding carboxylic acids is 1. The summed E-state index contributed by atoms with van der Waals surface area (Å²) in [6, 6.07) is 17.0. The lowest BCUT2D eigenvalue weighted by Crippen LogP contribution is -2.38. The Labute approximate surface area is 126 Å². The standard InChI is InChI=1S/C18H22N2O/c1-3-20(13-16-12-8-7-9-14(16)2)18(21)17(19)15-10-5-4-6-11-15/h4-12,17H,3,13,19H2,1-2H3. The molecule has 0 spiro atoms. The summed E-state index contributed by atoms with van der Waals surface area (Å²) < 4.78 is 0. The first kappa shape index (κ1) is 15.3. The van der Waals surface area contributed by atoms with Crippen molar-refractivity contribution in [1.29, 1.82) is 0 Å². The second kappa shape index (κ2) is 7.04. The summed E-state index contributed by atoms with van der Waals surface area (Å²) in [5.74, 6) is -0.0352. The third-order valence-corrected chi connectivity index (χ3v) is 3.74. The van der Waals surface area contributed by atoms with E-state index in [9.17, 15) is 4.79 Å². The molecule has 0 aliphatic heterocycles. The van der Waals surface area contributed by atoms with Crippen LogP contribution in [0.5, 0.6) is 0 Å². The zero-order valence-electron chi connectivity index (χ0n) is 12.6. The second-order valence-electron chi connectivity index (χ2n) is 5.17. The minimum Gasteiger partial charge on any atom is -0.337 e. The van der Waals surface area contributed by atoms with Gasteiger partial charge in [0.2, 0.25) is 5.91 Å². The molecule has 3 heteroatoms. The first-order chi connectivity index (χ1) is 10.1. The quantitative estimate of drug-likeness (QED) is 0.916. The molecule has 2 rings (SSSR count). The molecule has 21 heavy (non-hydrogen) atoms. The molecule has 0 radical (unpaired) electrons. The van der Waals surface area contributed by atoms with E-state index in [-0.39, 0.29) is 5.91 Å². The lowest BCUT2D eigenvalue weighted by atomic mass is 10.0. The average Bonchev–Trinajstić information content (AvgIpc) is 2.53. The first-order valence-corrected chi connectivity index (χ1v) is 7.27. The van der Waals surface area contributed by atoms with Crippen LogP contribution in [0, 0.1) is 6.92 Å². The minimum atomic E-state index is -0.602. The van der Waals surface area contributed by atoms with Crippen molar-refractivity contribution in [3.63, 3.8) is 0 Å². The van der Waals surface area contributed by atoms with Crippen molar-refractivity contribution in [1.82, 2.24) is 4.90 Å². The molecule has 3 nitrogen and oxygen atoms in total. The summed E-state index contributed by atoms with van der Waals surface area (Å²) >= 11 is 0. The first-order valence-electron chi connectivity index (χ1n) is 7.27. The zero-order valence-corrected chi connectivity index (χ0v) is 12.6. The summed E-state index contributed by atoms with van der Waals surface area (Å²) in [7, 11) is 0. The lowest BCUT2D eigenvalue weighted by Gasteiger charge is -2.25. The van der Waals surface area contributed by atoms with Gasteiger partial charge in [-0.25, -0.2) is 0 Å². The zero-order chi connectivity index (χ0) is 15.2. The number of amides is 1. The van der Waals surface area contributed by atoms with Gasteiger partial charge in [0.1, 0.15) is 6.04 Å². The largest absolute Gasteiger partial charge is 0.337 e. The van der Waals surface area contributed by atoms with Crippen molar-refractivity contribution >= 4 is 5.91 Å². The van der Waals surface area contributed by atoms with Crippen molar-refractivity contribution in [3.8, 4) is 0 Å². The Hall–Kier alpha value is -2.13. The Morgan fingerprint density at radius 3 is 2.33 bits per heavy atom. The molecular weight excluding hydrogens is 260 g/mol. The van der Waals surface area contributed by atoms with Crippen molar-refractivity contribution in [2.45, 2.75) is 26.4 Å². The molecule has 0 heterocycles. The van der Waals surface area contributed by atoms with E-state index in [1.165, 1.54) is 5.56 Å². The highest BCUT2D eigenvalue weighted by molar-refractivity contribution is 5.83. The van der Waals surface area contributed by atoms with Crippen molar-refractivity contribution in [2.24, 2.45) is 5.73 Å². The van der Waals surface area contributed by atoms with Gasteiger partial charge in [0.15, 0.2) is 0 Å². The van der Waals surface area contributed by atoms with E-state index in [1.807, 2.05) is 49.4 Å². The molecule has 110 valence electrons. The van der Waals surface area contributed by atoms with Gasteiger partial charge in [-0.2, -0.15) is 0 Å². The molecular formula is C18H22N2O. The second-order valence-corrected chi connectivity index (χ2v) is 5.17. The maximum atomic E-state index is 12.6. The van der Waals surface area contributed by atoms with Crippen LogP contribution >= 0.6 is 0 Å². The normalized spacial score (nSPS) is 12.0. The molecule has 0 aromatic heterocycles. The summed E-state index contributed by atoms with van der Waals surface area (Å²) in [6.45, 7) is 5.29. The van der Waals surface area contributed by atoms with E-state index in [4.69, 9.17) is 5.73 Å². The maximum Gasteiger partial charge on any atom is 0.244 e. The fourth-order valence-corrected chi connectivity index (χ4v) is 2.34.